The largest absolute Gasteiger partial charge is 0.496 e. The summed E-state index contributed by atoms with van der Waals surface area (Å²) in [5, 5.41) is 3.16. The van der Waals surface area contributed by atoms with Crippen LogP contribution in [0.25, 0.3) is 6.08 Å². The molecule has 170 valence electrons. The molecule has 0 saturated carbocycles. The monoisotopic (exact) mass is 468 g/mol. The predicted molar refractivity (Wildman–Crippen MR) is 114 cm³/mol. The Labute approximate surface area is 187 Å². The molecule has 0 spiro atoms. The van der Waals surface area contributed by atoms with Crippen molar-refractivity contribution in [3.63, 3.8) is 0 Å². The van der Waals surface area contributed by atoms with E-state index in [9.17, 15) is 22.4 Å². The number of halogens is 4. The first-order valence-electron chi connectivity index (χ1n) is 9.59. The molecule has 32 heavy (non-hydrogen) atoms. The highest BCUT2D eigenvalue weighted by Crippen LogP contribution is 2.29. The molecule has 1 fully saturated rings. The smallest absolute Gasteiger partial charge is 0.276 e. The van der Waals surface area contributed by atoms with Gasteiger partial charge in [-0.1, -0.05) is 19.9 Å². The number of nitrogens with one attached hydrogen (secondary N) is 1. The number of rotatable bonds is 7. The Balaban J connectivity index is 1.87. The average Bonchev–Trinajstić information content (AvgIpc) is 2.99. The van der Waals surface area contributed by atoms with Crippen LogP contribution in [0.2, 0.25) is 0 Å². The number of hydrogen-bond acceptors (Lipinski definition) is 4. The van der Waals surface area contributed by atoms with Crippen molar-refractivity contribution in [2.75, 3.05) is 13.7 Å². The van der Waals surface area contributed by atoms with Crippen LogP contribution in [0.4, 0.5) is 17.6 Å². The number of methoxy groups -OCH3 is 1. The van der Waals surface area contributed by atoms with E-state index in [1.807, 2.05) is 13.8 Å². The summed E-state index contributed by atoms with van der Waals surface area (Å²) >= 11 is 5.22. The van der Waals surface area contributed by atoms with Crippen molar-refractivity contribution in [3.8, 4) is 11.5 Å². The quantitative estimate of drug-likeness (QED) is 0.280. The molecule has 3 rings (SSSR count). The molecule has 2 aromatic rings. The lowest BCUT2D eigenvalue weighted by Crippen LogP contribution is -2.33. The van der Waals surface area contributed by atoms with Crippen LogP contribution in [0.3, 0.4) is 0 Å². The van der Waals surface area contributed by atoms with Gasteiger partial charge in [-0.05, 0) is 41.9 Å². The molecule has 5 nitrogen and oxygen atoms in total. The molecule has 1 heterocycles. The maximum Gasteiger partial charge on any atom is 0.276 e. The first-order chi connectivity index (χ1) is 15.1. The number of amides is 1. The maximum atomic E-state index is 13.9. The second kappa shape index (κ2) is 9.56. The summed E-state index contributed by atoms with van der Waals surface area (Å²) in [5.74, 6) is -7.34. The zero-order chi connectivity index (χ0) is 23.6. The summed E-state index contributed by atoms with van der Waals surface area (Å²) in [5.41, 5.74) is 1.13. The van der Waals surface area contributed by atoms with E-state index in [4.69, 9.17) is 21.7 Å². The number of nitrogens with zero attached hydrogens (tertiary/aromatic N) is 1. The molecule has 0 atom stereocenters. The summed E-state index contributed by atoms with van der Waals surface area (Å²) < 4.78 is 64.8. The third kappa shape index (κ3) is 4.85. The molecular weight excluding hydrogens is 448 g/mol. The van der Waals surface area contributed by atoms with E-state index in [0.29, 0.717) is 28.5 Å². The van der Waals surface area contributed by atoms with E-state index >= 15 is 0 Å². The SMILES string of the molecule is COc1ccc(/C=C2/NC(=S)N(CC(C)C)C2=O)cc1COc1c(F)c(F)cc(F)c1F. The Morgan fingerprint density at radius 2 is 1.78 bits per heavy atom. The van der Waals surface area contributed by atoms with Crippen molar-refractivity contribution in [1.29, 1.82) is 0 Å². The molecule has 0 aliphatic carbocycles. The number of carbonyl (C=O) groups excluding carboxylic acids is 1. The van der Waals surface area contributed by atoms with Crippen molar-refractivity contribution < 1.29 is 31.8 Å². The van der Waals surface area contributed by atoms with Gasteiger partial charge in [0, 0.05) is 18.2 Å². The van der Waals surface area contributed by atoms with E-state index in [1.165, 1.54) is 12.0 Å². The highest BCUT2D eigenvalue weighted by molar-refractivity contribution is 7.80. The fourth-order valence-electron chi connectivity index (χ4n) is 3.10. The Morgan fingerprint density at radius 3 is 2.38 bits per heavy atom. The molecule has 10 heteroatoms. The van der Waals surface area contributed by atoms with Gasteiger partial charge in [0.05, 0.1) is 7.11 Å². The topological polar surface area (TPSA) is 50.8 Å². The predicted octanol–water partition coefficient (Wildman–Crippen LogP) is 4.54. The molecule has 2 aromatic carbocycles. The summed E-state index contributed by atoms with van der Waals surface area (Å²) in [6.45, 7) is 3.94. The number of carbonyl (C=O) groups is 1. The number of ether oxygens (including phenoxy) is 2. The molecule has 0 unspecified atom stereocenters. The highest BCUT2D eigenvalue weighted by Gasteiger charge is 2.30. The van der Waals surface area contributed by atoms with E-state index < -0.39 is 35.6 Å². The number of benzene rings is 2. The number of hydrogen-bond donors (Lipinski definition) is 1. The third-order valence-corrected chi connectivity index (χ3v) is 4.89. The third-order valence-electron chi connectivity index (χ3n) is 4.57. The molecule has 1 saturated heterocycles. The molecule has 1 amide bonds. The van der Waals surface area contributed by atoms with Gasteiger partial charge in [0.25, 0.3) is 5.91 Å². The van der Waals surface area contributed by atoms with Crippen LogP contribution >= 0.6 is 12.2 Å². The lowest BCUT2D eigenvalue weighted by molar-refractivity contribution is -0.122. The Kier molecular flexibility index (Phi) is 7.02. The first-order valence-corrected chi connectivity index (χ1v) is 10.0. The van der Waals surface area contributed by atoms with E-state index in [2.05, 4.69) is 5.32 Å². The molecule has 0 bridgehead atoms. The fraction of sp³-hybridized carbons (Fsp3) is 0.273. The molecular formula is C22H20F4N2O3S. The van der Waals surface area contributed by atoms with Crippen LogP contribution in [0.5, 0.6) is 11.5 Å². The molecule has 0 aromatic heterocycles. The van der Waals surface area contributed by atoms with Gasteiger partial charge < -0.3 is 14.8 Å². The van der Waals surface area contributed by atoms with Gasteiger partial charge in [-0.2, -0.15) is 8.78 Å². The second-order valence-electron chi connectivity index (χ2n) is 7.46. The van der Waals surface area contributed by atoms with Gasteiger partial charge in [-0.3, -0.25) is 9.69 Å². The Bertz CT molecular complexity index is 1080. The minimum Gasteiger partial charge on any atom is -0.496 e. The van der Waals surface area contributed by atoms with Gasteiger partial charge in [-0.15, -0.1) is 0 Å². The van der Waals surface area contributed by atoms with Crippen LogP contribution in [0, 0.1) is 29.2 Å². The maximum absolute atomic E-state index is 13.9. The van der Waals surface area contributed by atoms with Crippen molar-refractivity contribution >= 4 is 29.3 Å². The highest BCUT2D eigenvalue weighted by atomic mass is 32.1. The van der Waals surface area contributed by atoms with Crippen molar-refractivity contribution in [2.45, 2.75) is 20.5 Å². The van der Waals surface area contributed by atoms with Crippen molar-refractivity contribution in [3.05, 3.63) is 64.4 Å². The summed E-state index contributed by atoms with van der Waals surface area (Å²) in [6, 6.07) is 4.87. The van der Waals surface area contributed by atoms with Crippen LogP contribution in [0.15, 0.2) is 30.0 Å². The van der Waals surface area contributed by atoms with Crippen LogP contribution in [-0.2, 0) is 11.4 Å². The normalized spacial score (nSPS) is 15.0. The van der Waals surface area contributed by atoms with E-state index in [1.54, 1.807) is 24.3 Å². The first kappa shape index (κ1) is 23.5. The Hall–Kier alpha value is -3.14. The minimum atomic E-state index is -1.64. The molecule has 1 aliphatic heterocycles. The standard InChI is InChI=1S/C22H20F4N2O3S/c1-11(2)9-28-21(29)16(27-22(28)32)7-12-4-5-17(30-3)13(6-12)10-31-20-18(25)14(23)8-15(24)19(20)26/h4-8,11H,9-10H2,1-3H3,(H,27,32)/b16-7+. The zero-order valence-electron chi connectivity index (χ0n) is 17.5. The average molecular weight is 468 g/mol. The second-order valence-corrected chi connectivity index (χ2v) is 7.84. The molecule has 1 N–H and O–H groups in total. The molecule has 0 radical (unpaired) electrons. The van der Waals surface area contributed by atoms with Gasteiger partial charge in [0.2, 0.25) is 11.6 Å². The zero-order valence-corrected chi connectivity index (χ0v) is 18.3. The summed E-state index contributed by atoms with van der Waals surface area (Å²) in [7, 11) is 1.38. The van der Waals surface area contributed by atoms with Gasteiger partial charge in [0.1, 0.15) is 18.1 Å². The van der Waals surface area contributed by atoms with Crippen molar-refractivity contribution in [2.24, 2.45) is 5.92 Å². The van der Waals surface area contributed by atoms with Gasteiger partial charge in [-0.25, -0.2) is 8.78 Å². The van der Waals surface area contributed by atoms with Gasteiger partial charge >= 0.3 is 0 Å². The van der Waals surface area contributed by atoms with E-state index in [0.717, 1.165) is 0 Å². The summed E-state index contributed by atoms with van der Waals surface area (Å²) in [6.07, 6.45) is 1.56. The summed E-state index contributed by atoms with van der Waals surface area (Å²) in [4.78, 5) is 14.1. The van der Waals surface area contributed by atoms with Crippen molar-refractivity contribution in [1.82, 2.24) is 10.2 Å². The van der Waals surface area contributed by atoms with Gasteiger partial charge in [0.15, 0.2) is 22.5 Å². The van der Waals surface area contributed by atoms with Crippen LogP contribution in [0.1, 0.15) is 25.0 Å². The van der Waals surface area contributed by atoms with Crippen LogP contribution < -0.4 is 14.8 Å². The lowest BCUT2D eigenvalue weighted by Gasteiger charge is -2.16. The minimum absolute atomic E-state index is 0.101. The fourth-order valence-corrected chi connectivity index (χ4v) is 3.37. The van der Waals surface area contributed by atoms with E-state index in [-0.39, 0.29) is 23.6 Å². The van der Waals surface area contributed by atoms with Crippen LogP contribution in [-0.4, -0.2) is 29.6 Å². The Morgan fingerprint density at radius 1 is 1.12 bits per heavy atom. The number of thiocarbonyl (C=S) groups is 1. The molecule has 1 aliphatic rings. The lowest BCUT2D eigenvalue weighted by atomic mass is 10.1.